The Morgan fingerprint density at radius 1 is 1.22 bits per heavy atom. The molecule has 0 radical (unpaired) electrons. The Morgan fingerprint density at radius 2 is 1.96 bits per heavy atom. The van der Waals surface area contributed by atoms with Crippen molar-refractivity contribution in [3.8, 4) is 11.5 Å². The van der Waals surface area contributed by atoms with Crippen LogP contribution in [0, 0.1) is 13.8 Å². The summed E-state index contributed by atoms with van der Waals surface area (Å²) in [5, 5.41) is 0.662. The Morgan fingerprint density at radius 3 is 2.61 bits per heavy atom. The van der Waals surface area contributed by atoms with Crippen LogP contribution in [-0.4, -0.2) is 24.8 Å². The minimum absolute atomic E-state index is 0.662. The quantitative estimate of drug-likeness (QED) is 0.450. The van der Waals surface area contributed by atoms with E-state index in [-0.39, 0.29) is 0 Å². The van der Waals surface area contributed by atoms with E-state index in [2.05, 4.69) is 27.8 Å². The molecule has 0 N–H and O–H groups in total. The van der Waals surface area contributed by atoms with E-state index in [1.54, 1.807) is 0 Å². The van der Waals surface area contributed by atoms with Gasteiger partial charge in [-0.15, -0.1) is 0 Å². The number of hydrogen-bond donors (Lipinski definition) is 0. The second-order valence-electron chi connectivity index (χ2n) is 5.40. The van der Waals surface area contributed by atoms with E-state index in [1.165, 1.54) is 0 Å². The van der Waals surface area contributed by atoms with Crippen LogP contribution in [0.25, 0.3) is 0 Å². The highest BCUT2D eigenvalue weighted by molar-refractivity contribution is 9.10. The number of aliphatic imine (C=N–C) groups is 1. The third-order valence-corrected chi connectivity index (χ3v) is 4.72. The molecule has 3 nitrogen and oxygen atoms in total. The lowest BCUT2D eigenvalue weighted by Crippen LogP contribution is -2.14. The van der Waals surface area contributed by atoms with E-state index in [0.29, 0.717) is 5.02 Å². The summed E-state index contributed by atoms with van der Waals surface area (Å²) >= 11 is 9.42. The van der Waals surface area contributed by atoms with Gasteiger partial charge in [-0.05, 0) is 78.2 Å². The molecule has 5 heteroatoms. The molecule has 0 spiro atoms. The Balaban J connectivity index is 2.25. The maximum atomic E-state index is 6.01. The maximum Gasteiger partial charge on any atom is 0.130 e. The van der Waals surface area contributed by atoms with Crippen molar-refractivity contribution < 1.29 is 4.74 Å². The number of ether oxygens (including phenoxy) is 1. The smallest absolute Gasteiger partial charge is 0.130 e. The second-order valence-corrected chi connectivity index (χ2v) is 6.66. The fraction of sp³-hybridized carbons (Fsp3) is 0.278. The van der Waals surface area contributed by atoms with Crippen LogP contribution in [0.15, 0.2) is 39.8 Å². The van der Waals surface area contributed by atoms with E-state index in [9.17, 15) is 0 Å². The van der Waals surface area contributed by atoms with Crippen molar-refractivity contribution in [1.82, 2.24) is 4.90 Å². The first-order valence-electron chi connectivity index (χ1n) is 7.39. The number of benzene rings is 2. The zero-order valence-electron chi connectivity index (χ0n) is 13.7. The van der Waals surface area contributed by atoms with Crippen LogP contribution in [0.5, 0.6) is 11.5 Å². The highest BCUT2D eigenvalue weighted by Crippen LogP contribution is 2.34. The molecule has 0 saturated heterocycles. The third kappa shape index (κ3) is 4.72. The molecule has 2 rings (SSSR count). The topological polar surface area (TPSA) is 24.8 Å². The van der Waals surface area contributed by atoms with Gasteiger partial charge in [0.05, 0.1) is 17.0 Å². The highest BCUT2D eigenvalue weighted by Gasteiger charge is 2.07. The summed E-state index contributed by atoms with van der Waals surface area (Å²) in [7, 11) is 2.00. The monoisotopic (exact) mass is 394 g/mol. The molecule has 0 saturated carbocycles. The van der Waals surface area contributed by atoms with Crippen molar-refractivity contribution in [1.29, 1.82) is 0 Å². The van der Waals surface area contributed by atoms with Crippen LogP contribution in [0.4, 0.5) is 5.69 Å². The first kappa shape index (κ1) is 17.8. The molecular weight excluding hydrogens is 376 g/mol. The van der Waals surface area contributed by atoms with Crippen LogP contribution in [0.2, 0.25) is 5.02 Å². The Kier molecular flexibility index (Phi) is 6.08. The zero-order chi connectivity index (χ0) is 17.0. The largest absolute Gasteiger partial charge is 0.457 e. The van der Waals surface area contributed by atoms with Gasteiger partial charge in [0, 0.05) is 18.1 Å². The summed E-state index contributed by atoms with van der Waals surface area (Å²) in [5.41, 5.74) is 3.06. The van der Waals surface area contributed by atoms with Gasteiger partial charge in [-0.3, -0.25) is 0 Å². The molecule has 0 heterocycles. The fourth-order valence-corrected chi connectivity index (χ4v) is 2.41. The van der Waals surface area contributed by atoms with Gasteiger partial charge in [-0.2, -0.15) is 0 Å². The molecule has 122 valence electrons. The standard InChI is InChI=1S/C18H20BrClN2O/c1-5-22(4)11-21-17-8-13(3)18(9-12(17)2)23-14-6-7-16(20)15(19)10-14/h6-11H,5H2,1-4H3/b21-11+. The van der Waals surface area contributed by atoms with E-state index in [1.807, 2.05) is 62.5 Å². The van der Waals surface area contributed by atoms with Gasteiger partial charge in [-0.1, -0.05) is 11.6 Å². The summed E-state index contributed by atoms with van der Waals surface area (Å²) in [5.74, 6) is 1.56. The van der Waals surface area contributed by atoms with Crippen molar-refractivity contribution in [3.63, 3.8) is 0 Å². The number of nitrogens with zero attached hydrogens (tertiary/aromatic N) is 2. The lowest BCUT2D eigenvalue weighted by molar-refractivity contribution is 0.478. The van der Waals surface area contributed by atoms with Crippen molar-refractivity contribution in [2.75, 3.05) is 13.6 Å². The number of rotatable bonds is 5. The van der Waals surface area contributed by atoms with Gasteiger partial charge in [0.1, 0.15) is 11.5 Å². The van der Waals surface area contributed by atoms with Crippen LogP contribution in [-0.2, 0) is 0 Å². The van der Waals surface area contributed by atoms with Crippen molar-refractivity contribution in [2.24, 2.45) is 4.99 Å². The average molecular weight is 396 g/mol. The summed E-state index contributed by atoms with van der Waals surface area (Å²) in [4.78, 5) is 6.56. The maximum absolute atomic E-state index is 6.01. The Bertz CT molecular complexity index is 731. The Hall–Kier alpha value is -1.52. The van der Waals surface area contributed by atoms with E-state index < -0.39 is 0 Å². The molecule has 0 aliphatic rings. The van der Waals surface area contributed by atoms with Crippen LogP contribution >= 0.6 is 27.5 Å². The van der Waals surface area contributed by atoms with Crippen molar-refractivity contribution in [2.45, 2.75) is 20.8 Å². The molecule has 0 atom stereocenters. The van der Waals surface area contributed by atoms with Gasteiger partial charge in [0.25, 0.3) is 0 Å². The summed E-state index contributed by atoms with van der Waals surface area (Å²) in [6, 6.07) is 9.57. The molecule has 0 unspecified atom stereocenters. The summed E-state index contributed by atoms with van der Waals surface area (Å²) in [6.45, 7) is 7.06. The molecule has 2 aromatic carbocycles. The highest BCUT2D eigenvalue weighted by atomic mass is 79.9. The molecule has 2 aromatic rings. The molecule has 0 fully saturated rings. The summed E-state index contributed by atoms with van der Waals surface area (Å²) in [6.07, 6.45) is 1.85. The minimum atomic E-state index is 0.662. The van der Waals surface area contributed by atoms with Crippen LogP contribution < -0.4 is 4.74 Å². The SMILES string of the molecule is CCN(C)/C=N/c1cc(C)c(Oc2ccc(Cl)c(Br)c2)cc1C. The number of aryl methyl sites for hydroxylation is 2. The first-order valence-corrected chi connectivity index (χ1v) is 8.56. The third-order valence-electron chi connectivity index (χ3n) is 3.51. The van der Waals surface area contributed by atoms with E-state index in [0.717, 1.165) is 39.3 Å². The van der Waals surface area contributed by atoms with E-state index in [4.69, 9.17) is 16.3 Å². The predicted molar refractivity (Wildman–Crippen MR) is 102 cm³/mol. The zero-order valence-corrected chi connectivity index (χ0v) is 16.1. The van der Waals surface area contributed by atoms with Gasteiger partial charge in [-0.25, -0.2) is 4.99 Å². The average Bonchev–Trinajstić information content (AvgIpc) is 2.52. The molecule has 0 aliphatic carbocycles. The van der Waals surface area contributed by atoms with Gasteiger partial charge in [0.15, 0.2) is 0 Å². The molecular formula is C18H20BrClN2O. The van der Waals surface area contributed by atoms with Crippen LogP contribution in [0.3, 0.4) is 0 Å². The van der Waals surface area contributed by atoms with Crippen molar-refractivity contribution >= 4 is 39.6 Å². The number of halogens is 2. The molecule has 23 heavy (non-hydrogen) atoms. The summed E-state index contributed by atoms with van der Waals surface area (Å²) < 4.78 is 6.79. The predicted octanol–water partition coefficient (Wildman–Crippen LogP) is 6.12. The Labute approximate surface area is 151 Å². The lowest BCUT2D eigenvalue weighted by atomic mass is 10.1. The molecule has 0 aliphatic heterocycles. The molecule has 0 amide bonds. The molecule has 0 aromatic heterocycles. The normalized spacial score (nSPS) is 11.0. The molecule has 0 bridgehead atoms. The minimum Gasteiger partial charge on any atom is -0.457 e. The number of hydrogen-bond acceptors (Lipinski definition) is 2. The van der Waals surface area contributed by atoms with Crippen molar-refractivity contribution in [3.05, 3.63) is 51.0 Å². The first-order chi connectivity index (χ1) is 10.9. The lowest BCUT2D eigenvalue weighted by Gasteiger charge is -2.13. The fourth-order valence-electron chi connectivity index (χ4n) is 1.93. The van der Waals surface area contributed by atoms with Gasteiger partial charge in [0.2, 0.25) is 0 Å². The van der Waals surface area contributed by atoms with E-state index >= 15 is 0 Å². The second kappa shape index (κ2) is 7.84. The van der Waals surface area contributed by atoms with Crippen LogP contribution in [0.1, 0.15) is 18.1 Å². The van der Waals surface area contributed by atoms with Gasteiger partial charge >= 0.3 is 0 Å². The van der Waals surface area contributed by atoms with Gasteiger partial charge < -0.3 is 9.64 Å².